The van der Waals surface area contributed by atoms with Crippen molar-refractivity contribution in [2.75, 3.05) is 23.3 Å². The van der Waals surface area contributed by atoms with Crippen LogP contribution >= 0.6 is 11.6 Å². The summed E-state index contributed by atoms with van der Waals surface area (Å²) in [6.07, 6.45) is 1.15. The smallest absolute Gasteiger partial charge is 0.315 e. The first-order valence-electron chi connectivity index (χ1n) is 9.74. The second-order valence-electron chi connectivity index (χ2n) is 7.61. The van der Waals surface area contributed by atoms with Crippen molar-refractivity contribution >= 4 is 35.0 Å². The molecule has 3 N–H and O–H groups in total. The molecule has 1 saturated heterocycles. The van der Waals surface area contributed by atoms with Crippen molar-refractivity contribution < 1.29 is 9.59 Å². The predicted molar refractivity (Wildman–Crippen MR) is 113 cm³/mol. The van der Waals surface area contributed by atoms with Crippen LogP contribution < -0.4 is 20.9 Å². The third kappa shape index (κ3) is 4.15. The molecular formula is C21H24ClN5O2. The van der Waals surface area contributed by atoms with Gasteiger partial charge in [-0.1, -0.05) is 23.7 Å². The van der Waals surface area contributed by atoms with Crippen molar-refractivity contribution in [2.24, 2.45) is 0 Å². The average molecular weight is 414 g/mol. The molecule has 8 heteroatoms. The first-order valence-corrected chi connectivity index (χ1v) is 10.1. The van der Waals surface area contributed by atoms with Gasteiger partial charge in [-0.3, -0.25) is 4.79 Å². The van der Waals surface area contributed by atoms with Crippen LogP contribution in [0.4, 0.5) is 16.3 Å². The highest BCUT2D eigenvalue weighted by Crippen LogP contribution is 2.31. The van der Waals surface area contributed by atoms with Crippen LogP contribution in [-0.4, -0.2) is 36.1 Å². The number of anilines is 2. The number of urea groups is 1. The lowest BCUT2D eigenvalue weighted by Crippen LogP contribution is -2.32. The number of aryl methyl sites for hydroxylation is 2. The van der Waals surface area contributed by atoms with E-state index in [9.17, 15) is 9.59 Å². The molecule has 1 aromatic heterocycles. The van der Waals surface area contributed by atoms with E-state index in [4.69, 9.17) is 16.6 Å². The van der Waals surface area contributed by atoms with Gasteiger partial charge in [0.2, 0.25) is 5.91 Å². The van der Waals surface area contributed by atoms with Gasteiger partial charge in [0, 0.05) is 31.1 Å². The fraction of sp³-hybridized carbons (Fsp3) is 0.381. The normalized spacial score (nSPS) is 18.1. The fourth-order valence-corrected chi connectivity index (χ4v) is 4.19. The van der Waals surface area contributed by atoms with Gasteiger partial charge >= 0.3 is 6.03 Å². The summed E-state index contributed by atoms with van der Waals surface area (Å²) >= 11 is 6.39. The van der Waals surface area contributed by atoms with Crippen LogP contribution in [0.15, 0.2) is 24.3 Å². The van der Waals surface area contributed by atoms with E-state index in [2.05, 4.69) is 26.9 Å². The molecule has 3 heterocycles. The van der Waals surface area contributed by atoms with Crippen LogP contribution in [-0.2, 0) is 17.8 Å². The Morgan fingerprint density at radius 2 is 2.21 bits per heavy atom. The van der Waals surface area contributed by atoms with Gasteiger partial charge in [-0.05, 0) is 49.1 Å². The molecule has 1 atom stereocenters. The van der Waals surface area contributed by atoms with Gasteiger partial charge in [0.25, 0.3) is 0 Å². The number of pyridine rings is 1. The SMILES string of the molecule is Cc1cc(N2CCc3cccc(Cl)c3C2)nc(C)c1NC(=O)CC1CNC(=O)N1. The minimum Gasteiger partial charge on any atom is -0.352 e. The lowest BCUT2D eigenvalue weighted by atomic mass is 9.99. The number of benzene rings is 1. The lowest BCUT2D eigenvalue weighted by molar-refractivity contribution is -0.116. The summed E-state index contributed by atoms with van der Waals surface area (Å²) in [4.78, 5) is 30.6. The Bertz CT molecular complexity index is 955. The third-order valence-corrected chi connectivity index (χ3v) is 5.82. The number of rotatable bonds is 4. The maximum Gasteiger partial charge on any atom is 0.315 e. The summed E-state index contributed by atoms with van der Waals surface area (Å²) in [5.74, 6) is 0.745. The van der Waals surface area contributed by atoms with E-state index in [1.54, 1.807) is 0 Å². The molecule has 0 aliphatic carbocycles. The molecule has 0 saturated carbocycles. The molecule has 29 heavy (non-hydrogen) atoms. The average Bonchev–Trinajstić information content (AvgIpc) is 3.09. The predicted octanol–water partition coefficient (Wildman–Crippen LogP) is 2.92. The molecule has 2 aliphatic rings. The largest absolute Gasteiger partial charge is 0.352 e. The van der Waals surface area contributed by atoms with E-state index in [0.29, 0.717) is 6.54 Å². The summed E-state index contributed by atoms with van der Waals surface area (Å²) in [7, 11) is 0. The number of halogens is 1. The monoisotopic (exact) mass is 413 g/mol. The van der Waals surface area contributed by atoms with Crippen LogP contribution in [0.3, 0.4) is 0 Å². The summed E-state index contributed by atoms with van der Waals surface area (Å²) < 4.78 is 0. The van der Waals surface area contributed by atoms with E-state index in [-0.39, 0.29) is 24.4 Å². The van der Waals surface area contributed by atoms with Gasteiger partial charge < -0.3 is 20.9 Å². The number of nitrogens with zero attached hydrogens (tertiary/aromatic N) is 2. The Balaban J connectivity index is 1.48. The van der Waals surface area contributed by atoms with Gasteiger partial charge in [-0.15, -0.1) is 0 Å². The first-order chi connectivity index (χ1) is 13.9. The van der Waals surface area contributed by atoms with Crippen LogP contribution in [0.25, 0.3) is 0 Å². The van der Waals surface area contributed by atoms with Crippen LogP contribution in [0.1, 0.15) is 28.8 Å². The van der Waals surface area contributed by atoms with Crippen molar-refractivity contribution in [3.8, 4) is 0 Å². The Labute approximate surface area is 174 Å². The van der Waals surface area contributed by atoms with Crippen molar-refractivity contribution in [2.45, 2.75) is 39.3 Å². The summed E-state index contributed by atoms with van der Waals surface area (Å²) in [5, 5.41) is 9.12. The van der Waals surface area contributed by atoms with Gasteiger partial charge in [0.05, 0.1) is 17.4 Å². The minimum absolute atomic E-state index is 0.140. The molecule has 7 nitrogen and oxygen atoms in total. The van der Waals surface area contributed by atoms with Crippen LogP contribution in [0, 0.1) is 13.8 Å². The quantitative estimate of drug-likeness (QED) is 0.719. The summed E-state index contributed by atoms with van der Waals surface area (Å²) in [6.45, 7) is 5.92. The van der Waals surface area contributed by atoms with Gasteiger partial charge in [0.15, 0.2) is 0 Å². The summed E-state index contributed by atoms with van der Waals surface area (Å²) in [5.41, 5.74) is 4.90. The fourth-order valence-electron chi connectivity index (χ4n) is 3.94. The van der Waals surface area contributed by atoms with E-state index >= 15 is 0 Å². The molecule has 1 fully saturated rings. The highest BCUT2D eigenvalue weighted by atomic mass is 35.5. The molecule has 0 spiro atoms. The van der Waals surface area contributed by atoms with Crippen molar-refractivity contribution in [1.29, 1.82) is 0 Å². The summed E-state index contributed by atoms with van der Waals surface area (Å²) in [6, 6.07) is 7.63. The maximum absolute atomic E-state index is 12.4. The van der Waals surface area contributed by atoms with Crippen molar-refractivity contribution in [3.05, 3.63) is 51.7 Å². The highest BCUT2D eigenvalue weighted by molar-refractivity contribution is 6.31. The van der Waals surface area contributed by atoms with Gasteiger partial charge in [0.1, 0.15) is 5.82 Å². The minimum atomic E-state index is -0.232. The zero-order valence-corrected chi connectivity index (χ0v) is 17.3. The first kappa shape index (κ1) is 19.5. The number of carbonyl (C=O) groups excluding carboxylic acids is 2. The van der Waals surface area contributed by atoms with E-state index in [0.717, 1.165) is 52.9 Å². The van der Waals surface area contributed by atoms with E-state index < -0.39 is 0 Å². The Morgan fingerprint density at radius 3 is 2.93 bits per heavy atom. The van der Waals surface area contributed by atoms with Crippen molar-refractivity contribution in [1.82, 2.24) is 15.6 Å². The molecule has 2 aromatic rings. The van der Waals surface area contributed by atoms with Crippen LogP contribution in [0.5, 0.6) is 0 Å². The molecular weight excluding hydrogens is 390 g/mol. The standard InChI is InChI=1S/C21H24ClN5O2/c1-12-8-18(27-7-6-14-4-3-5-17(22)16(14)11-27)24-13(2)20(12)26-19(28)9-15-10-23-21(29)25-15/h3-5,8,15H,6-7,9-11H2,1-2H3,(H,26,28)(H2,23,25,29). The molecule has 2 aliphatic heterocycles. The zero-order valence-electron chi connectivity index (χ0n) is 16.5. The second-order valence-corrected chi connectivity index (χ2v) is 8.02. The molecule has 1 aromatic carbocycles. The number of fused-ring (bicyclic) bond motifs is 1. The Hall–Kier alpha value is -2.80. The number of aromatic nitrogens is 1. The number of amides is 3. The highest BCUT2D eigenvalue weighted by Gasteiger charge is 2.24. The second kappa shape index (κ2) is 7.91. The Morgan fingerprint density at radius 1 is 1.38 bits per heavy atom. The Kier molecular flexibility index (Phi) is 5.32. The van der Waals surface area contributed by atoms with Gasteiger partial charge in [-0.2, -0.15) is 0 Å². The molecule has 3 amide bonds. The molecule has 0 radical (unpaired) electrons. The molecule has 1 unspecified atom stereocenters. The molecule has 0 bridgehead atoms. The third-order valence-electron chi connectivity index (χ3n) is 5.46. The molecule has 4 rings (SSSR count). The maximum atomic E-state index is 12.4. The lowest BCUT2D eigenvalue weighted by Gasteiger charge is -2.31. The topological polar surface area (TPSA) is 86.4 Å². The molecule has 152 valence electrons. The number of carbonyl (C=O) groups is 2. The van der Waals surface area contributed by atoms with Gasteiger partial charge in [-0.25, -0.2) is 9.78 Å². The zero-order chi connectivity index (χ0) is 20.5. The number of hydrogen-bond acceptors (Lipinski definition) is 4. The van der Waals surface area contributed by atoms with E-state index in [1.165, 1.54) is 5.56 Å². The van der Waals surface area contributed by atoms with Crippen molar-refractivity contribution in [3.63, 3.8) is 0 Å². The number of hydrogen-bond donors (Lipinski definition) is 3. The number of nitrogens with one attached hydrogen (secondary N) is 3. The van der Waals surface area contributed by atoms with Crippen LogP contribution in [0.2, 0.25) is 5.02 Å². The van der Waals surface area contributed by atoms with E-state index in [1.807, 2.05) is 32.0 Å².